The minimum Gasteiger partial charge on any atom is -0.467 e. The molecule has 1 atom stereocenters. The SMILES string of the molecule is O=C1c2oc3ccc(Cl)cc3c(=O)c2C(c2ccc(Cl)cc2)N1Cc1ccco1. The van der Waals surface area contributed by atoms with E-state index in [-0.39, 0.29) is 23.6 Å². The second-order valence-electron chi connectivity index (χ2n) is 6.78. The van der Waals surface area contributed by atoms with E-state index in [0.29, 0.717) is 32.3 Å². The number of hydrogen-bond acceptors (Lipinski definition) is 4. The van der Waals surface area contributed by atoms with E-state index in [4.69, 9.17) is 32.0 Å². The van der Waals surface area contributed by atoms with Gasteiger partial charge in [-0.05, 0) is 48.0 Å². The summed E-state index contributed by atoms with van der Waals surface area (Å²) < 4.78 is 11.3. The predicted molar refractivity (Wildman–Crippen MR) is 109 cm³/mol. The molecule has 0 spiro atoms. The minimum atomic E-state index is -0.625. The molecule has 0 fully saturated rings. The van der Waals surface area contributed by atoms with E-state index in [1.165, 1.54) is 0 Å². The van der Waals surface area contributed by atoms with E-state index in [1.807, 2.05) is 0 Å². The number of furan rings is 1. The summed E-state index contributed by atoms with van der Waals surface area (Å²) in [6, 6.07) is 14.7. The first-order chi connectivity index (χ1) is 14.0. The van der Waals surface area contributed by atoms with Crippen molar-refractivity contribution in [3.8, 4) is 0 Å². The predicted octanol–water partition coefficient (Wildman–Crippen LogP) is 5.44. The summed E-state index contributed by atoms with van der Waals surface area (Å²) in [7, 11) is 0. The zero-order valence-electron chi connectivity index (χ0n) is 14.9. The molecule has 1 amide bonds. The molecule has 0 saturated carbocycles. The Morgan fingerprint density at radius 1 is 0.966 bits per heavy atom. The molecule has 1 aliphatic heterocycles. The van der Waals surface area contributed by atoms with E-state index in [0.717, 1.165) is 5.56 Å². The maximum Gasteiger partial charge on any atom is 0.291 e. The Morgan fingerprint density at radius 2 is 1.72 bits per heavy atom. The molecule has 4 aromatic rings. The van der Waals surface area contributed by atoms with Crippen LogP contribution in [0.5, 0.6) is 0 Å². The summed E-state index contributed by atoms with van der Waals surface area (Å²) in [5.41, 5.74) is 1.08. The van der Waals surface area contributed by atoms with Crippen LogP contribution in [0.2, 0.25) is 10.0 Å². The molecule has 29 heavy (non-hydrogen) atoms. The fourth-order valence-corrected chi connectivity index (χ4v) is 4.02. The van der Waals surface area contributed by atoms with Crippen molar-refractivity contribution >= 4 is 40.1 Å². The standard InChI is InChI=1S/C22H13Cl2NO4/c23-13-5-3-12(4-6-13)19-18-20(26)16-10-14(24)7-8-17(16)29-21(18)22(27)25(19)11-15-2-1-9-28-15/h1-10,19H,11H2. The van der Waals surface area contributed by atoms with Crippen molar-refractivity contribution in [3.05, 3.63) is 104 Å². The van der Waals surface area contributed by atoms with Gasteiger partial charge >= 0.3 is 0 Å². The number of hydrogen-bond donors (Lipinski definition) is 0. The highest BCUT2D eigenvalue weighted by atomic mass is 35.5. The van der Waals surface area contributed by atoms with E-state index >= 15 is 0 Å². The molecule has 0 bridgehead atoms. The van der Waals surface area contributed by atoms with Crippen molar-refractivity contribution in [1.82, 2.24) is 4.90 Å². The molecule has 0 N–H and O–H groups in total. The summed E-state index contributed by atoms with van der Waals surface area (Å²) in [6.07, 6.45) is 1.54. The van der Waals surface area contributed by atoms with Crippen LogP contribution in [-0.4, -0.2) is 10.8 Å². The average molecular weight is 426 g/mol. The van der Waals surface area contributed by atoms with Gasteiger partial charge in [0.1, 0.15) is 11.3 Å². The zero-order valence-corrected chi connectivity index (χ0v) is 16.4. The third-order valence-electron chi connectivity index (χ3n) is 5.02. The molecule has 5 nitrogen and oxygen atoms in total. The van der Waals surface area contributed by atoms with Crippen LogP contribution in [0.15, 0.2) is 74.5 Å². The highest BCUT2D eigenvalue weighted by molar-refractivity contribution is 6.31. The number of amides is 1. The Morgan fingerprint density at radius 3 is 2.45 bits per heavy atom. The lowest BCUT2D eigenvalue weighted by Crippen LogP contribution is -2.29. The average Bonchev–Trinajstić information content (AvgIpc) is 3.32. The van der Waals surface area contributed by atoms with Crippen molar-refractivity contribution in [2.24, 2.45) is 0 Å². The third kappa shape index (κ3) is 2.94. The van der Waals surface area contributed by atoms with Crippen molar-refractivity contribution in [1.29, 1.82) is 0 Å². The van der Waals surface area contributed by atoms with Crippen LogP contribution in [0, 0.1) is 0 Å². The minimum absolute atomic E-state index is 0.0383. The maximum atomic E-state index is 13.4. The Hall–Kier alpha value is -3.02. The van der Waals surface area contributed by atoms with E-state index in [1.54, 1.807) is 65.8 Å². The van der Waals surface area contributed by atoms with Gasteiger partial charge in [-0.25, -0.2) is 0 Å². The first-order valence-electron chi connectivity index (χ1n) is 8.88. The van der Waals surface area contributed by atoms with Gasteiger partial charge in [0.25, 0.3) is 5.91 Å². The number of rotatable bonds is 3. The number of carbonyl (C=O) groups excluding carboxylic acids is 1. The first kappa shape index (κ1) is 18.0. The molecule has 144 valence electrons. The van der Waals surface area contributed by atoms with Crippen LogP contribution in [0.3, 0.4) is 0 Å². The van der Waals surface area contributed by atoms with Gasteiger partial charge in [-0.1, -0.05) is 35.3 Å². The molecular weight excluding hydrogens is 413 g/mol. The molecule has 2 aromatic carbocycles. The number of fused-ring (bicyclic) bond motifs is 2. The molecule has 0 aliphatic carbocycles. The third-order valence-corrected chi connectivity index (χ3v) is 5.51. The highest BCUT2D eigenvalue weighted by Crippen LogP contribution is 2.39. The molecule has 0 saturated heterocycles. The van der Waals surface area contributed by atoms with E-state index in [2.05, 4.69) is 0 Å². The monoisotopic (exact) mass is 425 g/mol. The van der Waals surface area contributed by atoms with Crippen molar-refractivity contribution in [2.75, 3.05) is 0 Å². The van der Waals surface area contributed by atoms with E-state index < -0.39 is 6.04 Å². The Balaban J connectivity index is 1.75. The number of halogens is 2. The van der Waals surface area contributed by atoms with Gasteiger partial charge in [-0.2, -0.15) is 0 Å². The molecule has 3 heterocycles. The fraction of sp³-hybridized carbons (Fsp3) is 0.0909. The molecule has 2 aromatic heterocycles. The number of carbonyl (C=O) groups is 1. The van der Waals surface area contributed by atoms with Crippen LogP contribution < -0.4 is 5.43 Å². The lowest BCUT2D eigenvalue weighted by Gasteiger charge is -2.24. The Labute approximate surface area is 175 Å². The van der Waals surface area contributed by atoms with Gasteiger partial charge in [0.2, 0.25) is 5.76 Å². The largest absolute Gasteiger partial charge is 0.467 e. The number of benzene rings is 2. The quantitative estimate of drug-likeness (QED) is 0.438. The number of nitrogens with zero attached hydrogens (tertiary/aromatic N) is 1. The summed E-state index contributed by atoms with van der Waals surface area (Å²) >= 11 is 12.1. The van der Waals surface area contributed by atoms with Gasteiger partial charge < -0.3 is 13.7 Å². The molecule has 1 unspecified atom stereocenters. The van der Waals surface area contributed by atoms with Crippen molar-refractivity contribution in [3.63, 3.8) is 0 Å². The lowest BCUT2D eigenvalue weighted by atomic mass is 9.98. The molecule has 7 heteroatoms. The fourth-order valence-electron chi connectivity index (χ4n) is 3.72. The summed E-state index contributed by atoms with van der Waals surface area (Å²) in [6.45, 7) is 0.194. The highest BCUT2D eigenvalue weighted by Gasteiger charge is 2.43. The van der Waals surface area contributed by atoms with Gasteiger partial charge in [0.05, 0.1) is 29.8 Å². The summed E-state index contributed by atoms with van der Waals surface area (Å²) in [5.74, 6) is 0.270. The van der Waals surface area contributed by atoms with Crippen molar-refractivity contribution < 1.29 is 13.6 Å². The summed E-state index contributed by atoms with van der Waals surface area (Å²) in [4.78, 5) is 28.2. The van der Waals surface area contributed by atoms with Gasteiger partial charge in [-0.3, -0.25) is 9.59 Å². The van der Waals surface area contributed by atoms with Gasteiger partial charge in [-0.15, -0.1) is 0 Å². The second kappa shape index (κ2) is 6.79. The Kier molecular flexibility index (Phi) is 4.23. The van der Waals surface area contributed by atoms with Crippen LogP contribution in [0.1, 0.15) is 33.5 Å². The summed E-state index contributed by atoms with van der Waals surface area (Å²) in [5, 5.41) is 1.32. The van der Waals surface area contributed by atoms with Gasteiger partial charge in [0, 0.05) is 10.0 Å². The zero-order chi connectivity index (χ0) is 20.1. The first-order valence-corrected chi connectivity index (χ1v) is 9.63. The molecule has 0 radical (unpaired) electrons. The van der Waals surface area contributed by atoms with E-state index in [9.17, 15) is 9.59 Å². The smallest absolute Gasteiger partial charge is 0.291 e. The van der Waals surface area contributed by atoms with Gasteiger partial charge in [0.15, 0.2) is 5.43 Å². The second-order valence-corrected chi connectivity index (χ2v) is 7.65. The molecular formula is C22H13Cl2NO4. The topological polar surface area (TPSA) is 63.7 Å². The van der Waals surface area contributed by atoms with Crippen LogP contribution in [0.4, 0.5) is 0 Å². The maximum absolute atomic E-state index is 13.4. The van der Waals surface area contributed by atoms with Crippen LogP contribution in [0.25, 0.3) is 11.0 Å². The normalized spacial score (nSPS) is 15.9. The lowest BCUT2D eigenvalue weighted by molar-refractivity contribution is 0.0701. The molecule has 1 aliphatic rings. The molecule has 5 rings (SSSR count). The van der Waals surface area contributed by atoms with Crippen LogP contribution >= 0.6 is 23.2 Å². The Bertz CT molecular complexity index is 1290. The van der Waals surface area contributed by atoms with Crippen LogP contribution in [-0.2, 0) is 6.54 Å². The van der Waals surface area contributed by atoms with Crippen molar-refractivity contribution in [2.45, 2.75) is 12.6 Å².